The van der Waals surface area contributed by atoms with Crippen molar-refractivity contribution in [2.24, 2.45) is 0 Å². The molecule has 1 N–H and O–H groups in total. The Bertz CT molecular complexity index is 623. The molecule has 5 nitrogen and oxygen atoms in total. The number of carbonyl (C=O) groups is 2. The minimum absolute atomic E-state index is 0. The quantitative estimate of drug-likeness (QED) is 0.776. The van der Waals surface area contributed by atoms with Gasteiger partial charge in [-0.15, -0.1) is 24.2 Å². The van der Waals surface area contributed by atoms with Crippen molar-refractivity contribution in [2.45, 2.75) is 36.6 Å². The molecule has 0 radical (unpaired) electrons. The van der Waals surface area contributed by atoms with Gasteiger partial charge in [0.05, 0.1) is 11.3 Å². The smallest absolute Gasteiger partial charge is 0.255 e. The van der Waals surface area contributed by atoms with Crippen LogP contribution in [0.25, 0.3) is 0 Å². The number of nitrogens with zero attached hydrogens (tertiary/aromatic N) is 2. The highest BCUT2D eigenvalue weighted by atomic mass is 35.5. The van der Waals surface area contributed by atoms with Crippen molar-refractivity contribution in [2.75, 3.05) is 39.0 Å². The predicted molar refractivity (Wildman–Crippen MR) is 108 cm³/mol. The van der Waals surface area contributed by atoms with Gasteiger partial charge in [-0.25, -0.2) is 0 Å². The Kier molecular flexibility index (Phi) is 8.25. The van der Waals surface area contributed by atoms with Gasteiger partial charge in [0.25, 0.3) is 5.91 Å². The Morgan fingerprint density at radius 2 is 1.81 bits per heavy atom. The summed E-state index contributed by atoms with van der Waals surface area (Å²) in [4.78, 5) is 30.0. The Balaban J connectivity index is 0.00000243. The molecule has 2 aliphatic rings. The fraction of sp³-hybridized carbons (Fsp3) is 0.579. The lowest BCUT2D eigenvalue weighted by molar-refractivity contribution is -0.127. The molecule has 3 rings (SSSR count). The van der Waals surface area contributed by atoms with Gasteiger partial charge in [-0.3, -0.25) is 9.59 Å². The molecule has 2 saturated heterocycles. The van der Waals surface area contributed by atoms with Gasteiger partial charge in [0.15, 0.2) is 0 Å². The maximum Gasteiger partial charge on any atom is 0.255 e. The molecule has 0 saturated carbocycles. The van der Waals surface area contributed by atoms with Crippen LogP contribution in [0.4, 0.5) is 0 Å². The lowest BCUT2D eigenvalue weighted by atomic mass is 10.0. The average Bonchev–Trinajstić information content (AvgIpc) is 3.20. The summed E-state index contributed by atoms with van der Waals surface area (Å²) in [5.41, 5.74) is 0.721. The monoisotopic (exact) mass is 397 g/mol. The molecule has 2 aliphatic heterocycles. The lowest BCUT2D eigenvalue weighted by Crippen LogP contribution is -2.47. The van der Waals surface area contributed by atoms with Gasteiger partial charge >= 0.3 is 0 Å². The van der Waals surface area contributed by atoms with Crippen LogP contribution >= 0.6 is 24.2 Å². The molecule has 1 aromatic carbocycles. The van der Waals surface area contributed by atoms with E-state index in [1.54, 1.807) is 0 Å². The van der Waals surface area contributed by atoms with Gasteiger partial charge in [0, 0.05) is 37.1 Å². The van der Waals surface area contributed by atoms with E-state index in [1.807, 2.05) is 41.1 Å². The molecule has 0 spiro atoms. The van der Waals surface area contributed by atoms with Crippen LogP contribution in [0.2, 0.25) is 0 Å². The van der Waals surface area contributed by atoms with Crippen molar-refractivity contribution in [3.63, 3.8) is 0 Å². The molecule has 26 heavy (non-hydrogen) atoms. The molecular weight excluding hydrogens is 370 g/mol. The summed E-state index contributed by atoms with van der Waals surface area (Å²) >= 11 is 1.49. The van der Waals surface area contributed by atoms with Crippen LogP contribution in [0.3, 0.4) is 0 Å². The lowest BCUT2D eigenvalue weighted by Gasteiger charge is -2.33. The number of likely N-dealkylation sites (N-methyl/N-ethyl adjacent to an activating group) is 1. The molecule has 0 aromatic heterocycles. The average molecular weight is 398 g/mol. The molecule has 144 valence electrons. The van der Waals surface area contributed by atoms with E-state index in [0.717, 1.165) is 62.3 Å². The Hall–Kier alpha value is -1.24. The first kappa shape index (κ1) is 21.1. The van der Waals surface area contributed by atoms with E-state index >= 15 is 0 Å². The summed E-state index contributed by atoms with van der Waals surface area (Å²) in [5, 5.41) is 3.28. The topological polar surface area (TPSA) is 52.7 Å². The molecule has 7 heteroatoms. The molecule has 2 fully saturated rings. The standard InChI is InChI=1S/C19H27N3O2S.ClH/c1-20-15-7-6-12-22(13-15)19(24)16-8-2-3-9-17(16)25-14-18(23)21-10-4-5-11-21;/h2-3,8-9,15,20H,4-7,10-14H2,1H3;1H. The van der Waals surface area contributed by atoms with E-state index in [4.69, 9.17) is 0 Å². The van der Waals surface area contributed by atoms with Gasteiger partial charge in [-0.2, -0.15) is 0 Å². The number of halogens is 1. The van der Waals surface area contributed by atoms with E-state index in [0.29, 0.717) is 11.8 Å². The van der Waals surface area contributed by atoms with E-state index in [9.17, 15) is 9.59 Å². The van der Waals surface area contributed by atoms with Gasteiger partial charge in [0.1, 0.15) is 0 Å². The number of rotatable bonds is 5. The number of carbonyl (C=O) groups excluding carboxylic acids is 2. The first-order chi connectivity index (χ1) is 12.2. The molecular formula is C19H28ClN3O2S. The second-order valence-corrected chi connectivity index (χ2v) is 7.77. The van der Waals surface area contributed by atoms with Crippen molar-refractivity contribution in [3.8, 4) is 0 Å². The molecule has 1 aromatic rings. The summed E-state index contributed by atoms with van der Waals surface area (Å²) < 4.78 is 0. The summed E-state index contributed by atoms with van der Waals surface area (Å²) in [6.45, 7) is 3.31. The third-order valence-corrected chi connectivity index (χ3v) is 6.10. The third-order valence-electron chi connectivity index (χ3n) is 5.04. The number of nitrogens with one attached hydrogen (secondary N) is 1. The zero-order valence-electron chi connectivity index (χ0n) is 15.3. The van der Waals surface area contributed by atoms with Crippen LogP contribution in [0.1, 0.15) is 36.0 Å². The zero-order chi connectivity index (χ0) is 17.6. The Morgan fingerprint density at radius 3 is 2.54 bits per heavy atom. The summed E-state index contributed by atoms with van der Waals surface area (Å²) in [5.74, 6) is 0.665. The van der Waals surface area contributed by atoms with Gasteiger partial charge < -0.3 is 15.1 Å². The molecule has 1 atom stereocenters. The fourth-order valence-electron chi connectivity index (χ4n) is 3.53. The van der Waals surface area contributed by atoms with E-state index in [1.165, 1.54) is 11.8 Å². The van der Waals surface area contributed by atoms with Crippen molar-refractivity contribution >= 4 is 36.0 Å². The molecule has 1 unspecified atom stereocenters. The molecule has 2 amide bonds. The molecule has 0 bridgehead atoms. The summed E-state index contributed by atoms with van der Waals surface area (Å²) in [6.07, 6.45) is 4.35. The minimum atomic E-state index is 0. The number of piperidine rings is 1. The third kappa shape index (κ3) is 5.15. The van der Waals surface area contributed by atoms with Crippen LogP contribution in [-0.4, -0.2) is 66.6 Å². The number of likely N-dealkylation sites (tertiary alicyclic amines) is 2. The van der Waals surface area contributed by atoms with Crippen LogP contribution < -0.4 is 5.32 Å². The highest BCUT2D eigenvalue weighted by Crippen LogP contribution is 2.26. The number of hydrogen-bond donors (Lipinski definition) is 1. The van der Waals surface area contributed by atoms with Crippen LogP contribution in [-0.2, 0) is 4.79 Å². The van der Waals surface area contributed by atoms with E-state index in [2.05, 4.69) is 5.32 Å². The second-order valence-electron chi connectivity index (χ2n) is 6.75. The number of thioether (sulfide) groups is 1. The number of amides is 2. The van der Waals surface area contributed by atoms with Gasteiger partial charge in [0.2, 0.25) is 5.91 Å². The summed E-state index contributed by atoms with van der Waals surface area (Å²) in [7, 11) is 1.95. The van der Waals surface area contributed by atoms with Crippen LogP contribution in [0, 0.1) is 0 Å². The SMILES string of the molecule is CNC1CCCN(C(=O)c2ccccc2SCC(=O)N2CCCC2)C1.Cl. The zero-order valence-corrected chi connectivity index (χ0v) is 16.9. The largest absolute Gasteiger partial charge is 0.342 e. The predicted octanol–water partition coefficient (Wildman–Crippen LogP) is 2.65. The fourth-order valence-corrected chi connectivity index (χ4v) is 4.48. The van der Waals surface area contributed by atoms with Crippen molar-refractivity contribution in [1.29, 1.82) is 0 Å². The van der Waals surface area contributed by atoms with Gasteiger partial charge in [-0.05, 0) is 44.9 Å². The maximum absolute atomic E-state index is 13.0. The van der Waals surface area contributed by atoms with Crippen LogP contribution in [0.5, 0.6) is 0 Å². The van der Waals surface area contributed by atoms with E-state index < -0.39 is 0 Å². The first-order valence-electron chi connectivity index (χ1n) is 9.15. The minimum Gasteiger partial charge on any atom is -0.342 e. The number of hydrogen-bond acceptors (Lipinski definition) is 4. The highest BCUT2D eigenvalue weighted by Gasteiger charge is 2.25. The Labute approximate surface area is 166 Å². The van der Waals surface area contributed by atoms with E-state index in [-0.39, 0.29) is 24.2 Å². The maximum atomic E-state index is 13.0. The molecule has 2 heterocycles. The number of benzene rings is 1. The Morgan fingerprint density at radius 1 is 1.12 bits per heavy atom. The molecule has 0 aliphatic carbocycles. The normalized spacial score (nSPS) is 20.0. The van der Waals surface area contributed by atoms with Crippen molar-refractivity contribution < 1.29 is 9.59 Å². The van der Waals surface area contributed by atoms with Crippen molar-refractivity contribution in [1.82, 2.24) is 15.1 Å². The summed E-state index contributed by atoms with van der Waals surface area (Å²) in [6, 6.07) is 8.04. The second kappa shape index (κ2) is 10.2. The first-order valence-corrected chi connectivity index (χ1v) is 10.1. The highest BCUT2D eigenvalue weighted by molar-refractivity contribution is 8.00. The van der Waals surface area contributed by atoms with Crippen LogP contribution in [0.15, 0.2) is 29.2 Å². The van der Waals surface area contributed by atoms with Gasteiger partial charge in [-0.1, -0.05) is 12.1 Å². The van der Waals surface area contributed by atoms with Crippen molar-refractivity contribution in [3.05, 3.63) is 29.8 Å².